The van der Waals surface area contributed by atoms with Crippen molar-refractivity contribution >= 4 is 11.7 Å². The van der Waals surface area contributed by atoms with E-state index in [1.165, 1.54) is 24.8 Å². The Morgan fingerprint density at radius 3 is 2.47 bits per heavy atom. The third-order valence-electron chi connectivity index (χ3n) is 6.19. The van der Waals surface area contributed by atoms with Crippen LogP contribution in [0, 0.1) is 0 Å². The molecule has 0 amide bonds. The summed E-state index contributed by atoms with van der Waals surface area (Å²) >= 11 is 0. The molecular weight excluding hydrogens is 454 g/mol. The summed E-state index contributed by atoms with van der Waals surface area (Å²) in [4.78, 5) is 16.2. The SMILES string of the molecule is CCCCCCOCCCCc1ccccc1C1OC=C(c2ccc(OC(=O)CCCCC)nc2)O1. The van der Waals surface area contributed by atoms with Crippen LogP contribution in [0.2, 0.25) is 0 Å². The highest BCUT2D eigenvalue weighted by molar-refractivity contribution is 5.72. The molecule has 0 saturated carbocycles. The molecule has 1 unspecified atom stereocenters. The molecule has 0 spiro atoms. The van der Waals surface area contributed by atoms with Gasteiger partial charge >= 0.3 is 5.97 Å². The van der Waals surface area contributed by atoms with Crippen LogP contribution in [0.4, 0.5) is 0 Å². The first-order chi connectivity index (χ1) is 17.7. The highest BCUT2D eigenvalue weighted by Gasteiger charge is 2.25. The van der Waals surface area contributed by atoms with Gasteiger partial charge in [-0.3, -0.25) is 4.79 Å². The minimum Gasteiger partial charge on any atom is -0.454 e. The molecule has 6 nitrogen and oxygen atoms in total. The Morgan fingerprint density at radius 1 is 0.917 bits per heavy atom. The van der Waals surface area contributed by atoms with Crippen LogP contribution in [0.15, 0.2) is 48.9 Å². The smallest absolute Gasteiger partial charge is 0.312 e. The van der Waals surface area contributed by atoms with Crippen molar-refractivity contribution in [2.24, 2.45) is 0 Å². The van der Waals surface area contributed by atoms with E-state index >= 15 is 0 Å². The van der Waals surface area contributed by atoms with E-state index in [9.17, 15) is 4.79 Å². The van der Waals surface area contributed by atoms with Crippen LogP contribution in [0.25, 0.3) is 5.76 Å². The fraction of sp³-hybridized carbons (Fsp3) is 0.533. The molecule has 1 aliphatic heterocycles. The molecule has 3 rings (SSSR count). The van der Waals surface area contributed by atoms with Gasteiger partial charge in [0.25, 0.3) is 6.29 Å². The number of pyridine rings is 1. The molecule has 0 N–H and O–H groups in total. The van der Waals surface area contributed by atoms with E-state index in [2.05, 4.69) is 37.0 Å². The Balaban J connectivity index is 1.44. The van der Waals surface area contributed by atoms with Gasteiger partial charge in [-0.2, -0.15) is 0 Å². The van der Waals surface area contributed by atoms with Crippen LogP contribution >= 0.6 is 0 Å². The van der Waals surface area contributed by atoms with E-state index in [-0.39, 0.29) is 5.97 Å². The zero-order valence-electron chi connectivity index (χ0n) is 21.9. The number of carbonyl (C=O) groups is 1. The average molecular weight is 496 g/mol. The maximum absolute atomic E-state index is 11.9. The Morgan fingerprint density at radius 2 is 1.69 bits per heavy atom. The van der Waals surface area contributed by atoms with Crippen LogP contribution in [0.3, 0.4) is 0 Å². The monoisotopic (exact) mass is 495 g/mol. The van der Waals surface area contributed by atoms with Gasteiger partial charge in [0.15, 0.2) is 5.76 Å². The van der Waals surface area contributed by atoms with E-state index in [1.54, 1.807) is 18.5 Å². The lowest BCUT2D eigenvalue weighted by molar-refractivity contribution is -0.134. The molecule has 0 saturated heterocycles. The van der Waals surface area contributed by atoms with Gasteiger partial charge < -0.3 is 18.9 Å². The first-order valence-electron chi connectivity index (χ1n) is 13.6. The molecule has 1 aromatic heterocycles. The zero-order valence-corrected chi connectivity index (χ0v) is 21.9. The number of aromatic nitrogens is 1. The van der Waals surface area contributed by atoms with E-state index in [1.807, 2.05) is 12.1 Å². The maximum Gasteiger partial charge on any atom is 0.312 e. The van der Waals surface area contributed by atoms with Gasteiger partial charge in [0, 0.05) is 43.0 Å². The molecule has 2 aromatic rings. The number of aryl methyl sites for hydroxylation is 1. The average Bonchev–Trinajstić information content (AvgIpc) is 3.39. The fourth-order valence-electron chi connectivity index (χ4n) is 4.09. The summed E-state index contributed by atoms with van der Waals surface area (Å²) < 4.78 is 23.1. The van der Waals surface area contributed by atoms with Gasteiger partial charge in [0.05, 0.1) is 0 Å². The van der Waals surface area contributed by atoms with Crippen LogP contribution in [-0.2, 0) is 25.4 Å². The van der Waals surface area contributed by atoms with Crippen molar-refractivity contribution in [3.8, 4) is 5.88 Å². The lowest BCUT2D eigenvalue weighted by Gasteiger charge is -2.16. The maximum atomic E-state index is 11.9. The fourth-order valence-corrected chi connectivity index (χ4v) is 4.09. The Bertz CT molecular complexity index is 941. The number of nitrogens with zero attached hydrogens (tertiary/aromatic N) is 1. The summed E-state index contributed by atoms with van der Waals surface area (Å²) in [6.45, 7) is 6.01. The number of benzene rings is 1. The first kappa shape index (κ1) is 27.7. The molecule has 0 aliphatic carbocycles. The predicted molar refractivity (Wildman–Crippen MR) is 141 cm³/mol. The molecule has 36 heavy (non-hydrogen) atoms. The zero-order chi connectivity index (χ0) is 25.4. The standard InChI is InChI=1S/C30H41NO5/c1-3-5-7-12-20-33-21-13-11-15-24-14-9-10-16-26(24)30-34-23-27(35-30)25-18-19-28(31-22-25)36-29(32)17-8-6-4-2/h9-10,14,16,18-19,22-23,30H,3-8,11-13,15,17,20-21H2,1-2H3. The summed E-state index contributed by atoms with van der Waals surface area (Å²) in [6, 6.07) is 11.8. The summed E-state index contributed by atoms with van der Waals surface area (Å²) in [6.07, 6.45) is 14.1. The lowest BCUT2D eigenvalue weighted by Crippen LogP contribution is -2.08. The minimum atomic E-state index is -0.484. The third kappa shape index (κ3) is 9.30. The topological polar surface area (TPSA) is 66.9 Å². The summed E-state index contributed by atoms with van der Waals surface area (Å²) in [7, 11) is 0. The third-order valence-corrected chi connectivity index (χ3v) is 6.19. The van der Waals surface area contributed by atoms with Crippen LogP contribution < -0.4 is 4.74 Å². The van der Waals surface area contributed by atoms with Crippen LogP contribution in [0.1, 0.15) is 101 Å². The molecule has 1 aromatic carbocycles. The number of hydrogen-bond donors (Lipinski definition) is 0. The van der Waals surface area contributed by atoms with Crippen molar-refractivity contribution in [3.63, 3.8) is 0 Å². The van der Waals surface area contributed by atoms with Crippen molar-refractivity contribution in [1.29, 1.82) is 0 Å². The second-order valence-corrected chi connectivity index (χ2v) is 9.21. The molecule has 1 aliphatic rings. The molecule has 0 radical (unpaired) electrons. The second-order valence-electron chi connectivity index (χ2n) is 9.21. The first-order valence-corrected chi connectivity index (χ1v) is 13.6. The highest BCUT2D eigenvalue weighted by Crippen LogP contribution is 2.35. The summed E-state index contributed by atoms with van der Waals surface area (Å²) in [5.74, 6) is 0.657. The number of esters is 1. The predicted octanol–water partition coefficient (Wildman–Crippen LogP) is 7.53. The highest BCUT2D eigenvalue weighted by atomic mass is 16.7. The van der Waals surface area contributed by atoms with Crippen molar-refractivity contribution in [2.75, 3.05) is 13.2 Å². The number of carbonyl (C=O) groups excluding carboxylic acids is 1. The number of unbranched alkanes of at least 4 members (excludes halogenated alkanes) is 6. The molecular formula is C30H41NO5. The summed E-state index contributed by atoms with van der Waals surface area (Å²) in [5, 5.41) is 0. The molecule has 2 heterocycles. The molecule has 0 bridgehead atoms. The molecule has 6 heteroatoms. The van der Waals surface area contributed by atoms with Crippen LogP contribution in [0.5, 0.6) is 5.88 Å². The van der Waals surface area contributed by atoms with Crippen molar-refractivity contribution < 1.29 is 23.7 Å². The molecule has 196 valence electrons. The van der Waals surface area contributed by atoms with Gasteiger partial charge in [-0.25, -0.2) is 4.98 Å². The normalized spacial score (nSPS) is 14.7. The van der Waals surface area contributed by atoms with Gasteiger partial charge in [-0.1, -0.05) is 70.2 Å². The quantitative estimate of drug-likeness (QED) is 0.167. The lowest BCUT2D eigenvalue weighted by atomic mass is 10.0. The van der Waals surface area contributed by atoms with Gasteiger partial charge in [-0.05, 0) is 43.7 Å². The van der Waals surface area contributed by atoms with E-state index in [0.29, 0.717) is 18.1 Å². The Kier molecular flexibility index (Phi) is 12.3. The largest absolute Gasteiger partial charge is 0.454 e. The Labute approximate surface area is 216 Å². The number of hydrogen-bond acceptors (Lipinski definition) is 6. The Hall–Kier alpha value is -2.86. The van der Waals surface area contributed by atoms with Crippen LogP contribution in [-0.4, -0.2) is 24.2 Å². The number of rotatable bonds is 17. The van der Waals surface area contributed by atoms with Crippen molar-refractivity contribution in [1.82, 2.24) is 4.98 Å². The number of ether oxygens (including phenoxy) is 4. The minimum absolute atomic E-state index is 0.251. The molecule has 0 fully saturated rings. The van der Waals surface area contributed by atoms with Gasteiger partial charge in [0.2, 0.25) is 5.88 Å². The van der Waals surface area contributed by atoms with E-state index < -0.39 is 6.29 Å². The van der Waals surface area contributed by atoms with E-state index in [4.69, 9.17) is 18.9 Å². The van der Waals surface area contributed by atoms with Crippen molar-refractivity contribution in [3.05, 3.63) is 65.5 Å². The van der Waals surface area contributed by atoms with Gasteiger partial charge in [-0.15, -0.1) is 0 Å². The molecule has 1 atom stereocenters. The van der Waals surface area contributed by atoms with Gasteiger partial charge in [0.1, 0.15) is 6.26 Å². The summed E-state index contributed by atoms with van der Waals surface area (Å²) in [5.41, 5.74) is 3.04. The van der Waals surface area contributed by atoms with Crippen molar-refractivity contribution in [2.45, 2.75) is 90.8 Å². The van der Waals surface area contributed by atoms with E-state index in [0.717, 1.165) is 69.3 Å². The second kappa shape index (κ2) is 16.0.